The summed E-state index contributed by atoms with van der Waals surface area (Å²) in [5.41, 5.74) is 0.892. The third kappa shape index (κ3) is 5.34. The van der Waals surface area contributed by atoms with Gasteiger partial charge in [-0.05, 0) is 43.4 Å². The molecule has 0 bridgehead atoms. The first-order valence-electron chi connectivity index (χ1n) is 9.49. The van der Waals surface area contributed by atoms with Crippen LogP contribution in [0.2, 0.25) is 0 Å². The van der Waals surface area contributed by atoms with E-state index in [0.717, 1.165) is 30.2 Å². The van der Waals surface area contributed by atoms with Gasteiger partial charge in [0.2, 0.25) is 0 Å². The molecule has 2 N–H and O–H groups in total. The van der Waals surface area contributed by atoms with Gasteiger partial charge in [0.05, 0.1) is 0 Å². The topological polar surface area (TPSA) is 106 Å². The zero-order valence-corrected chi connectivity index (χ0v) is 16.7. The van der Waals surface area contributed by atoms with Crippen LogP contribution in [0.3, 0.4) is 0 Å². The van der Waals surface area contributed by atoms with Crippen molar-refractivity contribution in [3.8, 4) is 5.75 Å². The molecule has 1 heterocycles. The minimum Gasteiger partial charge on any atom is -0.481 e. The summed E-state index contributed by atoms with van der Waals surface area (Å²) < 4.78 is 10.9. The molecule has 1 aromatic carbocycles. The molecule has 7 heteroatoms. The molecule has 1 amide bonds. The first-order chi connectivity index (χ1) is 13.2. The lowest BCUT2D eigenvalue weighted by Gasteiger charge is -2.21. The van der Waals surface area contributed by atoms with Crippen LogP contribution >= 0.6 is 0 Å². The third-order valence-electron chi connectivity index (χ3n) is 4.51. The Bertz CT molecular complexity index is 901. The number of fused-ring (bicyclic) bond motifs is 1. The number of aliphatic carboxylic acids is 1. The highest BCUT2D eigenvalue weighted by Crippen LogP contribution is 2.24. The predicted octanol–water partition coefficient (Wildman–Crippen LogP) is 3.13. The van der Waals surface area contributed by atoms with E-state index in [-0.39, 0.29) is 5.92 Å². The molecule has 0 aliphatic carbocycles. The summed E-state index contributed by atoms with van der Waals surface area (Å²) in [6, 6.07) is 5.60. The molecule has 2 unspecified atom stereocenters. The van der Waals surface area contributed by atoms with Crippen molar-refractivity contribution in [2.75, 3.05) is 0 Å². The lowest BCUT2D eigenvalue weighted by Crippen LogP contribution is -2.48. The lowest BCUT2D eigenvalue weighted by atomic mass is 10.0. The van der Waals surface area contributed by atoms with Crippen molar-refractivity contribution in [1.29, 1.82) is 0 Å². The molecule has 0 saturated carbocycles. The fourth-order valence-electron chi connectivity index (χ4n) is 2.90. The summed E-state index contributed by atoms with van der Waals surface area (Å²) in [6.07, 6.45) is 1.86. The fourth-order valence-corrected chi connectivity index (χ4v) is 2.90. The fraction of sp³-hybridized carbons (Fsp3) is 0.476. The van der Waals surface area contributed by atoms with Crippen molar-refractivity contribution < 1.29 is 23.8 Å². The number of hydrogen-bond donors (Lipinski definition) is 2. The van der Waals surface area contributed by atoms with Gasteiger partial charge in [-0.3, -0.25) is 4.79 Å². The average molecular weight is 389 g/mol. The lowest BCUT2D eigenvalue weighted by molar-refractivity contribution is -0.144. The SMILES string of the molecule is CCCCc1cc(=O)oc2cc(OC(C)C(=O)NC(C(=O)O)C(C)C)ccc12. The number of hydrogen-bond acceptors (Lipinski definition) is 5. The molecule has 28 heavy (non-hydrogen) atoms. The smallest absolute Gasteiger partial charge is 0.336 e. The average Bonchev–Trinajstić information content (AvgIpc) is 2.62. The summed E-state index contributed by atoms with van der Waals surface area (Å²) in [7, 11) is 0. The van der Waals surface area contributed by atoms with Gasteiger partial charge in [-0.1, -0.05) is 27.2 Å². The first kappa shape index (κ1) is 21.5. The Labute approximate surface area is 163 Å². The Morgan fingerprint density at radius 1 is 1.21 bits per heavy atom. The number of benzene rings is 1. The van der Waals surface area contributed by atoms with Crippen LogP contribution < -0.4 is 15.7 Å². The highest BCUT2D eigenvalue weighted by Gasteiger charge is 2.26. The second-order valence-electron chi connectivity index (χ2n) is 7.18. The molecule has 0 spiro atoms. The summed E-state index contributed by atoms with van der Waals surface area (Å²) in [5, 5.41) is 12.5. The quantitative estimate of drug-likeness (QED) is 0.638. The number of carbonyl (C=O) groups is 2. The zero-order valence-electron chi connectivity index (χ0n) is 16.7. The maximum atomic E-state index is 12.3. The van der Waals surface area contributed by atoms with Gasteiger partial charge in [0.25, 0.3) is 5.91 Å². The molecule has 7 nitrogen and oxygen atoms in total. The van der Waals surface area contributed by atoms with E-state index in [1.165, 1.54) is 13.0 Å². The van der Waals surface area contributed by atoms with E-state index < -0.39 is 29.6 Å². The van der Waals surface area contributed by atoms with E-state index >= 15 is 0 Å². The van der Waals surface area contributed by atoms with Gasteiger partial charge in [-0.25, -0.2) is 9.59 Å². The largest absolute Gasteiger partial charge is 0.481 e. The van der Waals surface area contributed by atoms with Crippen molar-refractivity contribution in [3.63, 3.8) is 0 Å². The van der Waals surface area contributed by atoms with Gasteiger partial charge in [-0.2, -0.15) is 0 Å². The number of amides is 1. The molecular formula is C21H27NO6. The number of aryl methyl sites for hydroxylation is 1. The van der Waals surface area contributed by atoms with E-state index in [0.29, 0.717) is 11.3 Å². The molecule has 0 fully saturated rings. The Hall–Kier alpha value is -2.83. The van der Waals surface area contributed by atoms with E-state index in [4.69, 9.17) is 9.15 Å². The van der Waals surface area contributed by atoms with Crippen LogP contribution in [0.25, 0.3) is 11.0 Å². The van der Waals surface area contributed by atoms with Crippen molar-refractivity contribution in [2.24, 2.45) is 5.92 Å². The molecule has 2 rings (SSSR count). The first-order valence-corrected chi connectivity index (χ1v) is 9.49. The van der Waals surface area contributed by atoms with E-state index in [2.05, 4.69) is 12.2 Å². The summed E-state index contributed by atoms with van der Waals surface area (Å²) in [6.45, 7) is 7.05. The van der Waals surface area contributed by atoms with Crippen LogP contribution in [0.15, 0.2) is 33.5 Å². The molecule has 2 aromatic rings. The van der Waals surface area contributed by atoms with Crippen molar-refractivity contribution >= 4 is 22.8 Å². The summed E-state index contributed by atoms with van der Waals surface area (Å²) in [5.74, 6) is -1.52. The molecule has 0 saturated heterocycles. The third-order valence-corrected chi connectivity index (χ3v) is 4.51. The van der Waals surface area contributed by atoms with Crippen LogP contribution in [0.1, 0.15) is 46.1 Å². The maximum Gasteiger partial charge on any atom is 0.336 e. The van der Waals surface area contributed by atoms with Crippen LogP contribution in [-0.2, 0) is 16.0 Å². The van der Waals surface area contributed by atoms with Gasteiger partial charge in [0.15, 0.2) is 6.10 Å². The Morgan fingerprint density at radius 3 is 2.54 bits per heavy atom. The van der Waals surface area contributed by atoms with Crippen LogP contribution in [0.4, 0.5) is 0 Å². The zero-order chi connectivity index (χ0) is 20.8. The van der Waals surface area contributed by atoms with Gasteiger partial charge in [0.1, 0.15) is 17.4 Å². The molecule has 152 valence electrons. The van der Waals surface area contributed by atoms with Gasteiger partial charge in [-0.15, -0.1) is 0 Å². The van der Waals surface area contributed by atoms with E-state index in [1.807, 2.05) is 0 Å². The standard InChI is InChI=1S/C21H27NO6/c1-5-6-7-14-10-18(23)28-17-11-15(8-9-16(14)17)27-13(4)20(24)22-19(12(2)3)21(25)26/h8-13,19H,5-7H2,1-4H3,(H,22,24)(H,25,26). The number of carboxylic acids is 1. The van der Waals surface area contributed by atoms with Gasteiger partial charge >= 0.3 is 11.6 Å². The molecule has 0 aliphatic heterocycles. The summed E-state index contributed by atoms with van der Waals surface area (Å²) >= 11 is 0. The number of unbranched alkanes of at least 4 members (excludes halogenated alkanes) is 1. The van der Waals surface area contributed by atoms with Gasteiger partial charge in [0, 0.05) is 17.5 Å². The predicted molar refractivity (Wildman–Crippen MR) is 106 cm³/mol. The van der Waals surface area contributed by atoms with Crippen molar-refractivity contribution in [1.82, 2.24) is 5.32 Å². The normalized spacial score (nSPS) is 13.3. The minimum atomic E-state index is -1.09. The van der Waals surface area contributed by atoms with Crippen molar-refractivity contribution in [2.45, 2.75) is 59.1 Å². The Balaban J connectivity index is 2.18. The van der Waals surface area contributed by atoms with Gasteiger partial charge < -0.3 is 19.6 Å². The monoisotopic (exact) mass is 389 g/mol. The number of nitrogens with one attached hydrogen (secondary N) is 1. The second-order valence-corrected chi connectivity index (χ2v) is 7.18. The number of rotatable bonds is 9. The van der Waals surface area contributed by atoms with E-state index in [1.54, 1.807) is 32.0 Å². The highest BCUT2D eigenvalue weighted by molar-refractivity contribution is 5.86. The summed E-state index contributed by atoms with van der Waals surface area (Å²) in [4.78, 5) is 35.4. The van der Waals surface area contributed by atoms with E-state index in [9.17, 15) is 19.5 Å². The Morgan fingerprint density at radius 2 is 1.93 bits per heavy atom. The minimum absolute atomic E-state index is 0.259. The molecule has 2 atom stereocenters. The second kappa shape index (κ2) is 9.39. The molecular weight excluding hydrogens is 362 g/mol. The number of carbonyl (C=O) groups excluding carboxylic acids is 1. The highest BCUT2D eigenvalue weighted by atomic mass is 16.5. The van der Waals surface area contributed by atoms with Crippen LogP contribution in [-0.4, -0.2) is 29.1 Å². The van der Waals surface area contributed by atoms with Crippen molar-refractivity contribution in [3.05, 3.63) is 40.2 Å². The van der Waals surface area contributed by atoms with Crippen LogP contribution in [0, 0.1) is 5.92 Å². The molecule has 0 radical (unpaired) electrons. The maximum absolute atomic E-state index is 12.3. The number of ether oxygens (including phenoxy) is 1. The number of carboxylic acid groups (broad SMARTS) is 1. The molecule has 1 aromatic heterocycles. The Kier molecular flexibility index (Phi) is 7.20. The molecule has 0 aliphatic rings. The van der Waals surface area contributed by atoms with Crippen LogP contribution in [0.5, 0.6) is 5.75 Å².